The molecule has 0 radical (unpaired) electrons. The first-order valence-electron chi connectivity index (χ1n) is 9.02. The van der Waals surface area contributed by atoms with Crippen LogP contribution in [0.1, 0.15) is 29.1 Å². The van der Waals surface area contributed by atoms with Crippen molar-refractivity contribution in [3.05, 3.63) is 68.2 Å². The lowest BCUT2D eigenvalue weighted by Crippen LogP contribution is -2.16. The Hall–Kier alpha value is -3.20. The fourth-order valence-electron chi connectivity index (χ4n) is 3.04. The SMILES string of the molecule is Cc1nn(CCC(=O)Nc2c(C)nn(Cc3ccccc3Cl)c2C)cc1[N+](=O)[O-]. The molecule has 0 aliphatic carbocycles. The number of carbonyl (C=O) groups is 1. The average molecular weight is 417 g/mol. The number of anilines is 1. The van der Waals surface area contributed by atoms with E-state index in [0.29, 0.717) is 28.6 Å². The quantitative estimate of drug-likeness (QED) is 0.467. The molecule has 3 rings (SSSR count). The van der Waals surface area contributed by atoms with Crippen molar-refractivity contribution >= 4 is 28.9 Å². The summed E-state index contributed by atoms with van der Waals surface area (Å²) >= 11 is 6.23. The number of nitrogens with one attached hydrogen (secondary N) is 1. The van der Waals surface area contributed by atoms with Crippen LogP contribution in [-0.4, -0.2) is 30.4 Å². The predicted molar refractivity (Wildman–Crippen MR) is 109 cm³/mol. The number of amides is 1. The number of benzene rings is 1. The molecule has 0 atom stereocenters. The molecule has 29 heavy (non-hydrogen) atoms. The van der Waals surface area contributed by atoms with E-state index in [-0.39, 0.29) is 24.6 Å². The van der Waals surface area contributed by atoms with Crippen molar-refractivity contribution in [3.63, 3.8) is 0 Å². The van der Waals surface area contributed by atoms with Gasteiger partial charge in [-0.05, 0) is 32.4 Å². The smallest absolute Gasteiger partial charge is 0.309 e. The summed E-state index contributed by atoms with van der Waals surface area (Å²) in [5.74, 6) is -0.218. The first-order chi connectivity index (χ1) is 13.8. The van der Waals surface area contributed by atoms with Gasteiger partial charge in [0.25, 0.3) is 0 Å². The van der Waals surface area contributed by atoms with Gasteiger partial charge in [-0.1, -0.05) is 29.8 Å². The number of hydrogen-bond acceptors (Lipinski definition) is 5. The zero-order chi connectivity index (χ0) is 21.1. The highest BCUT2D eigenvalue weighted by Gasteiger charge is 2.17. The van der Waals surface area contributed by atoms with Crippen molar-refractivity contribution in [1.82, 2.24) is 19.6 Å². The molecule has 0 aliphatic rings. The van der Waals surface area contributed by atoms with E-state index in [1.54, 1.807) is 11.6 Å². The van der Waals surface area contributed by atoms with Crippen molar-refractivity contribution < 1.29 is 9.72 Å². The number of rotatable bonds is 7. The van der Waals surface area contributed by atoms with Gasteiger partial charge in [0.2, 0.25) is 5.91 Å². The summed E-state index contributed by atoms with van der Waals surface area (Å²) in [6.45, 7) is 6.01. The molecule has 0 aliphatic heterocycles. The summed E-state index contributed by atoms with van der Waals surface area (Å²) in [6, 6.07) is 7.54. The third-order valence-corrected chi connectivity index (χ3v) is 4.98. The number of hydrogen-bond donors (Lipinski definition) is 1. The molecule has 2 heterocycles. The van der Waals surface area contributed by atoms with E-state index in [1.807, 2.05) is 38.1 Å². The Kier molecular flexibility index (Phi) is 5.97. The summed E-state index contributed by atoms with van der Waals surface area (Å²) < 4.78 is 3.21. The van der Waals surface area contributed by atoms with E-state index >= 15 is 0 Å². The molecular formula is C19H21ClN6O3. The molecule has 1 aromatic carbocycles. The Balaban J connectivity index is 1.66. The maximum atomic E-state index is 12.4. The van der Waals surface area contributed by atoms with Gasteiger partial charge in [-0.15, -0.1) is 0 Å². The van der Waals surface area contributed by atoms with Gasteiger partial charge in [-0.2, -0.15) is 10.2 Å². The Bertz CT molecular complexity index is 1070. The maximum Gasteiger partial charge on any atom is 0.309 e. The highest BCUT2D eigenvalue weighted by atomic mass is 35.5. The molecule has 0 bridgehead atoms. The fourth-order valence-corrected chi connectivity index (χ4v) is 3.23. The number of aromatic nitrogens is 4. The molecule has 10 heteroatoms. The topological polar surface area (TPSA) is 108 Å². The van der Waals surface area contributed by atoms with Crippen LogP contribution in [0.25, 0.3) is 0 Å². The molecule has 1 amide bonds. The van der Waals surface area contributed by atoms with Crippen LogP contribution in [0.3, 0.4) is 0 Å². The van der Waals surface area contributed by atoms with Crippen molar-refractivity contribution in [2.45, 2.75) is 40.3 Å². The molecule has 0 unspecified atom stereocenters. The lowest BCUT2D eigenvalue weighted by Gasteiger charge is -2.08. The maximum absolute atomic E-state index is 12.4. The van der Waals surface area contributed by atoms with Gasteiger partial charge >= 0.3 is 5.69 Å². The van der Waals surface area contributed by atoms with Crippen LogP contribution in [0.5, 0.6) is 0 Å². The molecule has 152 valence electrons. The van der Waals surface area contributed by atoms with Crippen LogP contribution < -0.4 is 5.32 Å². The molecule has 1 N–H and O–H groups in total. The summed E-state index contributed by atoms with van der Waals surface area (Å²) in [6.07, 6.45) is 1.47. The third kappa shape index (κ3) is 4.62. The number of aryl methyl sites for hydroxylation is 3. The zero-order valence-corrected chi connectivity index (χ0v) is 17.1. The molecule has 0 fully saturated rings. The number of halogens is 1. The van der Waals surface area contributed by atoms with Gasteiger partial charge < -0.3 is 5.32 Å². The minimum atomic E-state index is -0.487. The van der Waals surface area contributed by atoms with Crippen LogP contribution in [0.4, 0.5) is 11.4 Å². The Morgan fingerprint density at radius 3 is 2.59 bits per heavy atom. The molecule has 3 aromatic rings. The van der Waals surface area contributed by atoms with Gasteiger partial charge in [-0.3, -0.25) is 24.3 Å². The number of carbonyl (C=O) groups excluding carboxylic acids is 1. The summed E-state index contributed by atoms with van der Waals surface area (Å²) in [4.78, 5) is 22.8. The summed E-state index contributed by atoms with van der Waals surface area (Å²) in [7, 11) is 0. The van der Waals surface area contributed by atoms with E-state index in [0.717, 1.165) is 11.3 Å². The Labute approximate surface area is 172 Å². The van der Waals surface area contributed by atoms with Crippen molar-refractivity contribution in [3.8, 4) is 0 Å². The van der Waals surface area contributed by atoms with E-state index in [2.05, 4.69) is 15.5 Å². The van der Waals surface area contributed by atoms with Crippen LogP contribution in [0, 0.1) is 30.9 Å². The second-order valence-electron chi connectivity index (χ2n) is 6.71. The van der Waals surface area contributed by atoms with Crippen LogP contribution >= 0.6 is 11.6 Å². The Morgan fingerprint density at radius 2 is 1.93 bits per heavy atom. The second-order valence-corrected chi connectivity index (χ2v) is 7.12. The molecule has 0 saturated carbocycles. The van der Waals surface area contributed by atoms with Crippen molar-refractivity contribution in [2.75, 3.05) is 5.32 Å². The van der Waals surface area contributed by atoms with Gasteiger partial charge in [-0.25, -0.2) is 0 Å². The normalized spacial score (nSPS) is 10.9. The standard InChI is InChI=1S/C19H21ClN6O3/c1-12-17(26(28)29)11-24(22-12)9-8-18(27)21-19-13(2)23-25(14(19)3)10-15-6-4-5-7-16(15)20/h4-7,11H,8-10H2,1-3H3,(H,21,27). The predicted octanol–water partition coefficient (Wildman–Crippen LogP) is 3.64. The summed E-state index contributed by atoms with van der Waals surface area (Å²) in [5, 5.41) is 23.0. The van der Waals surface area contributed by atoms with E-state index in [1.165, 1.54) is 10.9 Å². The van der Waals surface area contributed by atoms with Gasteiger partial charge in [0.15, 0.2) is 0 Å². The molecular weight excluding hydrogens is 396 g/mol. The summed E-state index contributed by atoms with van der Waals surface area (Å²) in [5.41, 5.74) is 3.38. The van der Waals surface area contributed by atoms with Crippen LogP contribution in [0.15, 0.2) is 30.5 Å². The lowest BCUT2D eigenvalue weighted by molar-refractivity contribution is -0.385. The molecule has 0 spiro atoms. The van der Waals surface area contributed by atoms with Crippen LogP contribution in [-0.2, 0) is 17.9 Å². The van der Waals surface area contributed by atoms with E-state index < -0.39 is 4.92 Å². The fraction of sp³-hybridized carbons (Fsp3) is 0.316. The van der Waals surface area contributed by atoms with Gasteiger partial charge in [0.1, 0.15) is 11.9 Å². The van der Waals surface area contributed by atoms with E-state index in [9.17, 15) is 14.9 Å². The first-order valence-corrected chi connectivity index (χ1v) is 9.39. The van der Waals surface area contributed by atoms with Crippen LogP contribution in [0.2, 0.25) is 5.02 Å². The van der Waals surface area contributed by atoms with Crippen molar-refractivity contribution in [2.24, 2.45) is 0 Å². The molecule has 0 saturated heterocycles. The number of nitrogens with zero attached hydrogens (tertiary/aromatic N) is 5. The minimum Gasteiger partial charge on any atom is -0.323 e. The average Bonchev–Trinajstić information content (AvgIpc) is 3.17. The number of nitro groups is 1. The lowest BCUT2D eigenvalue weighted by atomic mass is 10.2. The first kappa shape index (κ1) is 20.5. The zero-order valence-electron chi connectivity index (χ0n) is 16.3. The van der Waals surface area contributed by atoms with Gasteiger partial charge in [0.05, 0.1) is 28.5 Å². The van der Waals surface area contributed by atoms with Crippen molar-refractivity contribution in [1.29, 1.82) is 0 Å². The highest BCUT2D eigenvalue weighted by Crippen LogP contribution is 2.23. The second kappa shape index (κ2) is 8.44. The molecule has 2 aromatic heterocycles. The van der Waals surface area contributed by atoms with Gasteiger partial charge in [0, 0.05) is 18.0 Å². The largest absolute Gasteiger partial charge is 0.323 e. The monoisotopic (exact) mass is 416 g/mol. The molecule has 9 nitrogen and oxygen atoms in total. The van der Waals surface area contributed by atoms with E-state index in [4.69, 9.17) is 11.6 Å². The Morgan fingerprint density at radius 1 is 1.21 bits per heavy atom. The highest BCUT2D eigenvalue weighted by molar-refractivity contribution is 6.31. The minimum absolute atomic E-state index is 0.0575. The third-order valence-electron chi connectivity index (χ3n) is 4.61.